The minimum Gasteiger partial charge on any atom is -0.459 e. The van der Waals surface area contributed by atoms with Crippen LogP contribution in [0.4, 0.5) is 0 Å². The quantitative estimate of drug-likeness (QED) is 0.550. The standard InChI is InChI=1S/C20H29N5O2/c1-14-16-6-4-5-7-17(16)27-18(14)12-23-20(22-3)24-15-8-10-25(11-9-15)13-19(26)21-2/h4-7,15H,8-13H2,1-3H3,(H,21,26)(H2,22,23,24). The Kier molecular flexibility index (Phi) is 6.34. The fourth-order valence-corrected chi connectivity index (χ4v) is 3.46. The van der Waals surface area contributed by atoms with Crippen molar-refractivity contribution in [2.45, 2.75) is 32.4 Å². The first-order chi connectivity index (χ1) is 13.1. The number of nitrogens with zero attached hydrogens (tertiary/aromatic N) is 2. The van der Waals surface area contributed by atoms with E-state index >= 15 is 0 Å². The Morgan fingerprint density at radius 3 is 2.70 bits per heavy atom. The van der Waals surface area contributed by atoms with Gasteiger partial charge in [0.15, 0.2) is 5.96 Å². The summed E-state index contributed by atoms with van der Waals surface area (Å²) in [6.07, 6.45) is 1.97. The Morgan fingerprint density at radius 2 is 2.04 bits per heavy atom. The maximum Gasteiger partial charge on any atom is 0.233 e. The summed E-state index contributed by atoms with van der Waals surface area (Å²) in [6, 6.07) is 8.44. The van der Waals surface area contributed by atoms with E-state index < -0.39 is 0 Å². The number of aliphatic imine (C=N–C) groups is 1. The van der Waals surface area contributed by atoms with Gasteiger partial charge in [-0.3, -0.25) is 14.7 Å². The van der Waals surface area contributed by atoms with Crippen LogP contribution in [0.2, 0.25) is 0 Å². The third-order valence-corrected chi connectivity index (χ3v) is 5.16. The Bertz CT molecular complexity index is 806. The van der Waals surface area contributed by atoms with Gasteiger partial charge in [-0.15, -0.1) is 0 Å². The van der Waals surface area contributed by atoms with E-state index in [0.717, 1.165) is 54.2 Å². The normalized spacial score (nSPS) is 16.5. The molecule has 2 heterocycles. The number of amides is 1. The number of rotatable bonds is 5. The molecule has 0 unspecified atom stereocenters. The molecule has 3 N–H and O–H groups in total. The smallest absolute Gasteiger partial charge is 0.233 e. The Morgan fingerprint density at radius 1 is 1.30 bits per heavy atom. The number of piperidine rings is 1. The zero-order valence-corrected chi connectivity index (χ0v) is 16.3. The molecule has 3 rings (SSSR count). The van der Waals surface area contributed by atoms with Crippen LogP contribution in [0.5, 0.6) is 0 Å². The van der Waals surface area contributed by atoms with Crippen molar-refractivity contribution in [1.29, 1.82) is 0 Å². The molecule has 1 amide bonds. The molecule has 0 atom stereocenters. The van der Waals surface area contributed by atoms with Crippen LogP contribution in [-0.4, -0.2) is 56.5 Å². The molecular weight excluding hydrogens is 342 g/mol. The van der Waals surface area contributed by atoms with E-state index in [2.05, 4.69) is 38.8 Å². The van der Waals surface area contributed by atoms with Crippen molar-refractivity contribution in [1.82, 2.24) is 20.9 Å². The topological polar surface area (TPSA) is 81.9 Å². The van der Waals surface area contributed by atoms with Gasteiger partial charge in [0.05, 0.1) is 13.1 Å². The van der Waals surface area contributed by atoms with E-state index in [9.17, 15) is 4.79 Å². The maximum absolute atomic E-state index is 11.5. The summed E-state index contributed by atoms with van der Waals surface area (Å²) in [6.45, 7) is 4.97. The highest BCUT2D eigenvalue weighted by Crippen LogP contribution is 2.24. The molecule has 0 bridgehead atoms. The molecule has 1 aliphatic heterocycles. The molecule has 7 nitrogen and oxygen atoms in total. The van der Waals surface area contributed by atoms with Crippen LogP contribution in [0.15, 0.2) is 33.7 Å². The van der Waals surface area contributed by atoms with Gasteiger partial charge in [-0.25, -0.2) is 0 Å². The highest BCUT2D eigenvalue weighted by molar-refractivity contribution is 5.83. The Labute approximate surface area is 160 Å². The fourth-order valence-electron chi connectivity index (χ4n) is 3.46. The Hall–Kier alpha value is -2.54. The number of guanidine groups is 1. The number of para-hydroxylation sites is 1. The minimum atomic E-state index is 0.0695. The summed E-state index contributed by atoms with van der Waals surface area (Å²) < 4.78 is 5.96. The van der Waals surface area contributed by atoms with Crippen LogP contribution in [0.25, 0.3) is 11.0 Å². The fraction of sp³-hybridized carbons (Fsp3) is 0.500. The van der Waals surface area contributed by atoms with Crippen LogP contribution < -0.4 is 16.0 Å². The predicted molar refractivity (Wildman–Crippen MR) is 108 cm³/mol. The largest absolute Gasteiger partial charge is 0.459 e. The van der Waals surface area contributed by atoms with Crippen LogP contribution in [0.1, 0.15) is 24.2 Å². The number of aryl methyl sites for hydroxylation is 1. The summed E-state index contributed by atoms with van der Waals surface area (Å²) in [4.78, 5) is 18.0. The van der Waals surface area contributed by atoms with Crippen molar-refractivity contribution in [3.05, 3.63) is 35.6 Å². The lowest BCUT2D eigenvalue weighted by Gasteiger charge is -2.32. The van der Waals surface area contributed by atoms with Gasteiger partial charge in [0.2, 0.25) is 5.91 Å². The van der Waals surface area contributed by atoms with E-state index in [1.807, 2.05) is 18.2 Å². The number of hydrogen-bond donors (Lipinski definition) is 3. The molecule has 0 spiro atoms. The average Bonchev–Trinajstić information content (AvgIpc) is 3.02. The second-order valence-electron chi connectivity index (χ2n) is 6.94. The molecule has 1 aromatic carbocycles. The van der Waals surface area contributed by atoms with Crippen molar-refractivity contribution in [2.24, 2.45) is 4.99 Å². The maximum atomic E-state index is 11.5. The zero-order chi connectivity index (χ0) is 19.2. The lowest BCUT2D eigenvalue weighted by Crippen LogP contribution is -2.49. The number of hydrogen-bond acceptors (Lipinski definition) is 4. The van der Waals surface area contributed by atoms with E-state index in [1.54, 1.807) is 14.1 Å². The summed E-state index contributed by atoms with van der Waals surface area (Å²) in [5.41, 5.74) is 2.08. The van der Waals surface area contributed by atoms with Gasteiger partial charge in [0.25, 0.3) is 0 Å². The van der Waals surface area contributed by atoms with Gasteiger partial charge >= 0.3 is 0 Å². The van der Waals surface area contributed by atoms with Crippen molar-refractivity contribution in [3.8, 4) is 0 Å². The first kappa shape index (κ1) is 19.2. The number of nitrogens with one attached hydrogen (secondary N) is 3. The molecule has 1 saturated heterocycles. The molecule has 1 aromatic heterocycles. The van der Waals surface area contributed by atoms with Crippen LogP contribution >= 0.6 is 0 Å². The molecule has 27 heavy (non-hydrogen) atoms. The molecule has 0 radical (unpaired) electrons. The van der Waals surface area contributed by atoms with Crippen molar-refractivity contribution >= 4 is 22.8 Å². The molecule has 1 aliphatic rings. The van der Waals surface area contributed by atoms with Gasteiger partial charge in [-0.1, -0.05) is 18.2 Å². The molecular formula is C20H29N5O2. The number of furan rings is 1. The first-order valence-electron chi connectivity index (χ1n) is 9.48. The molecule has 146 valence electrons. The summed E-state index contributed by atoms with van der Waals surface area (Å²) >= 11 is 0. The van der Waals surface area contributed by atoms with Crippen LogP contribution in [0.3, 0.4) is 0 Å². The van der Waals surface area contributed by atoms with Crippen molar-refractivity contribution in [3.63, 3.8) is 0 Å². The van der Waals surface area contributed by atoms with Crippen LogP contribution in [-0.2, 0) is 11.3 Å². The second-order valence-corrected chi connectivity index (χ2v) is 6.94. The van der Waals surface area contributed by atoms with Crippen LogP contribution in [0, 0.1) is 6.92 Å². The lowest BCUT2D eigenvalue weighted by molar-refractivity contribution is -0.122. The monoisotopic (exact) mass is 371 g/mol. The molecule has 7 heteroatoms. The first-order valence-corrected chi connectivity index (χ1v) is 9.48. The zero-order valence-electron chi connectivity index (χ0n) is 16.3. The SMILES string of the molecule is CN=C(NCc1oc2ccccc2c1C)NC1CCN(CC(=O)NC)CC1. The number of carbonyl (C=O) groups is 1. The third-order valence-electron chi connectivity index (χ3n) is 5.16. The minimum absolute atomic E-state index is 0.0695. The van der Waals surface area contributed by atoms with Gasteiger partial charge < -0.3 is 20.4 Å². The van der Waals surface area contributed by atoms with Crippen molar-refractivity contribution < 1.29 is 9.21 Å². The molecule has 0 aliphatic carbocycles. The van der Waals surface area contributed by atoms with Gasteiger partial charge in [-0.2, -0.15) is 0 Å². The third kappa shape index (κ3) is 4.80. The number of carbonyl (C=O) groups excluding carboxylic acids is 1. The highest BCUT2D eigenvalue weighted by atomic mass is 16.3. The van der Waals surface area contributed by atoms with E-state index in [-0.39, 0.29) is 5.91 Å². The molecule has 0 saturated carbocycles. The van der Waals surface area contributed by atoms with E-state index in [4.69, 9.17) is 4.42 Å². The van der Waals surface area contributed by atoms with E-state index in [0.29, 0.717) is 19.1 Å². The number of likely N-dealkylation sites (N-methyl/N-ethyl adjacent to an activating group) is 1. The van der Waals surface area contributed by atoms with Gasteiger partial charge in [0.1, 0.15) is 11.3 Å². The van der Waals surface area contributed by atoms with Crippen molar-refractivity contribution in [2.75, 3.05) is 33.7 Å². The second kappa shape index (κ2) is 8.90. The number of benzene rings is 1. The number of fused-ring (bicyclic) bond motifs is 1. The molecule has 1 fully saturated rings. The molecule has 2 aromatic rings. The van der Waals surface area contributed by atoms with E-state index in [1.165, 1.54) is 0 Å². The summed E-state index contributed by atoms with van der Waals surface area (Å²) in [7, 11) is 3.46. The summed E-state index contributed by atoms with van der Waals surface area (Å²) in [5, 5.41) is 10.7. The van der Waals surface area contributed by atoms with Gasteiger partial charge in [0, 0.05) is 44.2 Å². The lowest BCUT2D eigenvalue weighted by atomic mass is 10.1. The summed E-state index contributed by atoms with van der Waals surface area (Å²) in [5.74, 6) is 1.78. The van der Waals surface area contributed by atoms with Gasteiger partial charge in [-0.05, 0) is 25.8 Å². The average molecular weight is 371 g/mol. The Balaban J connectivity index is 1.50. The highest BCUT2D eigenvalue weighted by Gasteiger charge is 2.21. The number of likely N-dealkylation sites (tertiary alicyclic amines) is 1. The predicted octanol–water partition coefficient (Wildman–Crippen LogP) is 1.62.